The zero-order valence-electron chi connectivity index (χ0n) is 7.70. The van der Waals surface area contributed by atoms with Gasteiger partial charge in [0.25, 0.3) is 0 Å². The lowest BCUT2D eigenvalue weighted by Crippen LogP contribution is -2.32. The number of amides is 1. The van der Waals surface area contributed by atoms with Crippen LogP contribution in [0.15, 0.2) is 0 Å². The van der Waals surface area contributed by atoms with E-state index in [1.807, 2.05) is 0 Å². The Morgan fingerprint density at radius 2 is 1.77 bits per heavy atom. The number of nitrogens with zero attached hydrogens (tertiary/aromatic N) is 1. The Kier molecular flexibility index (Phi) is 4.50. The Morgan fingerprint density at radius 1 is 1.23 bits per heavy atom. The van der Waals surface area contributed by atoms with Crippen molar-refractivity contribution in [2.24, 2.45) is 0 Å². The van der Waals surface area contributed by atoms with Gasteiger partial charge in [0.1, 0.15) is 0 Å². The predicted molar refractivity (Wildman–Crippen MR) is 41.8 cm³/mol. The fourth-order valence-corrected chi connectivity index (χ4v) is 0.449. The van der Waals surface area contributed by atoms with Crippen molar-refractivity contribution in [2.75, 3.05) is 20.7 Å². The molecular weight excluding hydrogens is 178 g/mol. The van der Waals surface area contributed by atoms with Gasteiger partial charge in [-0.25, -0.2) is 9.59 Å². The summed E-state index contributed by atoms with van der Waals surface area (Å²) in [6, 6.07) is 0. The molecule has 0 aromatic heterocycles. The van der Waals surface area contributed by atoms with Crippen molar-refractivity contribution in [1.82, 2.24) is 4.90 Å². The Labute approximate surface area is 75.4 Å². The summed E-state index contributed by atoms with van der Waals surface area (Å²) in [4.78, 5) is 33.1. The number of carbonyl (C=O) groups is 3. The molecule has 6 heteroatoms. The molecule has 6 nitrogen and oxygen atoms in total. The number of hydrogen-bond donors (Lipinski definition) is 0. The summed E-state index contributed by atoms with van der Waals surface area (Å²) in [6.45, 7) is 1.64. The van der Waals surface area contributed by atoms with Crippen LogP contribution >= 0.6 is 0 Å². The SMILES string of the molecule is CCOC(=O)OC(=O)C(=O)N(C)C. The first kappa shape index (κ1) is 11.4. The highest BCUT2D eigenvalue weighted by Gasteiger charge is 2.21. The molecule has 0 N–H and O–H groups in total. The minimum Gasteiger partial charge on any atom is -0.434 e. The summed E-state index contributed by atoms with van der Waals surface area (Å²) in [5.74, 6) is -2.16. The quantitative estimate of drug-likeness (QED) is 0.324. The van der Waals surface area contributed by atoms with Crippen LogP contribution in [0.5, 0.6) is 0 Å². The Morgan fingerprint density at radius 3 is 2.15 bits per heavy atom. The van der Waals surface area contributed by atoms with Crippen LogP contribution < -0.4 is 0 Å². The summed E-state index contributed by atoms with van der Waals surface area (Å²) in [7, 11) is 2.74. The zero-order chi connectivity index (χ0) is 10.4. The van der Waals surface area contributed by atoms with Gasteiger partial charge in [0.05, 0.1) is 6.61 Å². The monoisotopic (exact) mass is 189 g/mol. The van der Waals surface area contributed by atoms with E-state index in [-0.39, 0.29) is 6.61 Å². The highest BCUT2D eigenvalue weighted by molar-refractivity contribution is 6.33. The molecule has 74 valence electrons. The van der Waals surface area contributed by atoms with Crippen molar-refractivity contribution in [3.63, 3.8) is 0 Å². The largest absolute Gasteiger partial charge is 0.516 e. The number of likely N-dealkylation sites (N-methyl/N-ethyl adjacent to an activating group) is 1. The Bertz CT molecular complexity index is 223. The van der Waals surface area contributed by atoms with E-state index in [9.17, 15) is 14.4 Å². The van der Waals surface area contributed by atoms with Gasteiger partial charge < -0.3 is 14.4 Å². The van der Waals surface area contributed by atoms with Gasteiger partial charge in [-0.2, -0.15) is 0 Å². The van der Waals surface area contributed by atoms with Crippen molar-refractivity contribution >= 4 is 18.0 Å². The van der Waals surface area contributed by atoms with E-state index in [1.54, 1.807) is 6.92 Å². The summed E-state index contributed by atoms with van der Waals surface area (Å²) < 4.78 is 8.31. The van der Waals surface area contributed by atoms with Crippen LogP contribution in [0.3, 0.4) is 0 Å². The third kappa shape index (κ3) is 4.09. The minimum absolute atomic E-state index is 0.0856. The van der Waals surface area contributed by atoms with Crippen LogP contribution in [0.4, 0.5) is 4.79 Å². The van der Waals surface area contributed by atoms with Crippen LogP contribution in [0, 0.1) is 0 Å². The maximum absolute atomic E-state index is 10.8. The molecule has 0 spiro atoms. The smallest absolute Gasteiger partial charge is 0.434 e. The fourth-order valence-electron chi connectivity index (χ4n) is 0.449. The molecule has 0 atom stereocenters. The first-order chi connectivity index (χ1) is 5.99. The van der Waals surface area contributed by atoms with Gasteiger partial charge in [0, 0.05) is 14.1 Å². The third-order valence-electron chi connectivity index (χ3n) is 1.02. The van der Waals surface area contributed by atoms with E-state index >= 15 is 0 Å². The fraction of sp³-hybridized carbons (Fsp3) is 0.571. The molecule has 0 heterocycles. The molecule has 0 aromatic rings. The summed E-state index contributed by atoms with van der Waals surface area (Å²) in [5.41, 5.74) is 0. The lowest BCUT2D eigenvalue weighted by Gasteiger charge is -2.07. The minimum atomic E-state index is -1.25. The molecule has 1 amide bonds. The van der Waals surface area contributed by atoms with Crippen LogP contribution in [0.25, 0.3) is 0 Å². The number of carbonyl (C=O) groups excluding carboxylic acids is 3. The molecule has 0 fully saturated rings. The van der Waals surface area contributed by atoms with E-state index in [2.05, 4.69) is 9.47 Å². The molecular formula is C7H11NO5. The predicted octanol–water partition coefficient (Wildman–Crippen LogP) is -0.226. The summed E-state index contributed by atoms with van der Waals surface area (Å²) in [5, 5.41) is 0. The van der Waals surface area contributed by atoms with Gasteiger partial charge in [0.2, 0.25) is 0 Å². The van der Waals surface area contributed by atoms with Crippen LogP contribution in [-0.2, 0) is 19.1 Å². The van der Waals surface area contributed by atoms with Gasteiger partial charge in [-0.1, -0.05) is 0 Å². The second-order valence-electron chi connectivity index (χ2n) is 2.27. The molecule has 0 saturated heterocycles. The average Bonchev–Trinajstić information content (AvgIpc) is 2.03. The number of rotatable bonds is 1. The van der Waals surface area contributed by atoms with Gasteiger partial charge >= 0.3 is 18.0 Å². The van der Waals surface area contributed by atoms with Gasteiger partial charge in [-0.15, -0.1) is 0 Å². The van der Waals surface area contributed by atoms with E-state index in [4.69, 9.17) is 0 Å². The van der Waals surface area contributed by atoms with Crippen LogP contribution in [-0.4, -0.2) is 43.6 Å². The number of hydrogen-bond acceptors (Lipinski definition) is 5. The summed E-state index contributed by atoms with van der Waals surface area (Å²) in [6.07, 6.45) is -1.16. The zero-order valence-corrected chi connectivity index (χ0v) is 7.70. The number of esters is 1. The van der Waals surface area contributed by atoms with Gasteiger partial charge in [-0.05, 0) is 6.92 Å². The molecule has 0 saturated carbocycles. The summed E-state index contributed by atoms with van der Waals surface area (Å²) >= 11 is 0. The standard InChI is InChI=1S/C7H11NO5/c1-4-12-7(11)13-6(10)5(9)8(2)3/h4H2,1-3H3. The molecule has 0 rings (SSSR count). The van der Waals surface area contributed by atoms with Crippen LogP contribution in [0.1, 0.15) is 6.92 Å². The maximum atomic E-state index is 10.8. The van der Waals surface area contributed by atoms with E-state index < -0.39 is 18.0 Å². The number of ether oxygens (including phenoxy) is 2. The first-order valence-corrected chi connectivity index (χ1v) is 3.59. The van der Waals surface area contributed by atoms with E-state index in [0.717, 1.165) is 4.90 Å². The molecule has 0 aliphatic rings. The normalized spacial score (nSPS) is 8.85. The van der Waals surface area contributed by atoms with Crippen molar-refractivity contribution in [1.29, 1.82) is 0 Å². The van der Waals surface area contributed by atoms with Crippen molar-refractivity contribution in [3.8, 4) is 0 Å². The average molecular weight is 189 g/mol. The van der Waals surface area contributed by atoms with Gasteiger partial charge in [0.15, 0.2) is 0 Å². The second-order valence-corrected chi connectivity index (χ2v) is 2.27. The molecule has 0 aliphatic heterocycles. The second kappa shape index (κ2) is 5.13. The first-order valence-electron chi connectivity index (χ1n) is 3.59. The van der Waals surface area contributed by atoms with E-state index in [0.29, 0.717) is 0 Å². The highest BCUT2D eigenvalue weighted by Crippen LogP contribution is 1.89. The molecule has 13 heavy (non-hydrogen) atoms. The topological polar surface area (TPSA) is 72.9 Å². The van der Waals surface area contributed by atoms with Crippen LogP contribution in [0.2, 0.25) is 0 Å². The Hall–Kier alpha value is -1.59. The maximum Gasteiger partial charge on any atom is 0.516 e. The van der Waals surface area contributed by atoms with Crippen molar-refractivity contribution < 1.29 is 23.9 Å². The third-order valence-corrected chi connectivity index (χ3v) is 1.02. The molecule has 0 aliphatic carbocycles. The molecule has 0 radical (unpaired) electrons. The highest BCUT2D eigenvalue weighted by atomic mass is 16.7. The van der Waals surface area contributed by atoms with Crippen molar-refractivity contribution in [2.45, 2.75) is 6.92 Å². The lowest BCUT2D eigenvalue weighted by molar-refractivity contribution is -0.156. The van der Waals surface area contributed by atoms with E-state index in [1.165, 1.54) is 14.1 Å². The molecule has 0 bridgehead atoms. The molecule has 0 unspecified atom stereocenters. The van der Waals surface area contributed by atoms with Crippen molar-refractivity contribution in [3.05, 3.63) is 0 Å². The lowest BCUT2D eigenvalue weighted by atomic mass is 10.6. The van der Waals surface area contributed by atoms with Gasteiger partial charge in [-0.3, -0.25) is 4.79 Å². The Balaban J connectivity index is 4.01. The molecule has 0 aromatic carbocycles.